The van der Waals surface area contributed by atoms with E-state index in [4.69, 9.17) is 5.11 Å². The lowest BCUT2D eigenvalue weighted by Gasteiger charge is -2.37. The van der Waals surface area contributed by atoms with Gasteiger partial charge in [-0.2, -0.15) is 11.8 Å². The van der Waals surface area contributed by atoms with E-state index in [1.54, 1.807) is 4.90 Å². The van der Waals surface area contributed by atoms with E-state index in [1.165, 1.54) is 0 Å². The molecule has 1 aliphatic heterocycles. The maximum atomic E-state index is 11.8. The van der Waals surface area contributed by atoms with Crippen molar-refractivity contribution in [1.82, 2.24) is 15.5 Å². The van der Waals surface area contributed by atoms with Crippen LogP contribution in [-0.4, -0.2) is 64.6 Å². The monoisotopic (exact) mass is 289 g/mol. The van der Waals surface area contributed by atoms with E-state index in [0.29, 0.717) is 13.1 Å². The molecule has 3 amide bonds. The van der Waals surface area contributed by atoms with E-state index in [-0.39, 0.29) is 17.3 Å². The minimum absolute atomic E-state index is 0.0150. The summed E-state index contributed by atoms with van der Waals surface area (Å²) in [7, 11) is 0. The standard InChI is InChI=1S/C11H19N3O4S/c1-11(2)7-14(3-4-19-11)10(18)13-5-8(15)12-6-9(16)17/h3-7H2,1-2H3,(H,12,15)(H,13,18)(H,16,17). The largest absolute Gasteiger partial charge is 0.480 e. The van der Waals surface area contributed by atoms with Gasteiger partial charge in [0.2, 0.25) is 5.91 Å². The number of carbonyl (C=O) groups excluding carboxylic acids is 2. The molecule has 0 aromatic carbocycles. The van der Waals surface area contributed by atoms with Gasteiger partial charge in [-0.3, -0.25) is 9.59 Å². The molecule has 0 radical (unpaired) electrons. The van der Waals surface area contributed by atoms with Gasteiger partial charge in [-0.15, -0.1) is 0 Å². The molecule has 1 aliphatic rings. The average molecular weight is 289 g/mol. The Hall–Kier alpha value is -1.44. The summed E-state index contributed by atoms with van der Waals surface area (Å²) in [4.78, 5) is 35.0. The maximum Gasteiger partial charge on any atom is 0.322 e. The number of nitrogens with one attached hydrogen (secondary N) is 2. The molecule has 3 N–H and O–H groups in total. The lowest BCUT2D eigenvalue weighted by Crippen LogP contribution is -2.51. The highest BCUT2D eigenvalue weighted by atomic mass is 32.2. The molecule has 1 rings (SSSR count). The number of hydrogen-bond acceptors (Lipinski definition) is 4. The zero-order valence-corrected chi connectivity index (χ0v) is 11.9. The number of thioether (sulfide) groups is 1. The van der Waals surface area contributed by atoms with E-state index in [9.17, 15) is 14.4 Å². The van der Waals surface area contributed by atoms with Crippen LogP contribution in [0.1, 0.15) is 13.8 Å². The molecule has 8 heteroatoms. The van der Waals surface area contributed by atoms with E-state index < -0.39 is 18.4 Å². The highest BCUT2D eigenvalue weighted by molar-refractivity contribution is 8.00. The number of rotatable bonds is 4. The molecule has 0 saturated carbocycles. The summed E-state index contributed by atoms with van der Waals surface area (Å²) in [6, 6.07) is -0.293. The predicted molar refractivity (Wildman–Crippen MR) is 72.2 cm³/mol. The Balaban J connectivity index is 2.31. The highest BCUT2D eigenvalue weighted by Gasteiger charge is 2.29. The maximum absolute atomic E-state index is 11.8. The number of amides is 3. The fourth-order valence-electron chi connectivity index (χ4n) is 1.69. The first kappa shape index (κ1) is 15.6. The first-order valence-corrected chi connectivity index (χ1v) is 6.94. The molecule has 0 unspecified atom stereocenters. The molecule has 108 valence electrons. The van der Waals surface area contributed by atoms with Crippen LogP contribution in [0.3, 0.4) is 0 Å². The van der Waals surface area contributed by atoms with Gasteiger partial charge in [0, 0.05) is 23.6 Å². The summed E-state index contributed by atoms with van der Waals surface area (Å²) >= 11 is 1.81. The van der Waals surface area contributed by atoms with Gasteiger partial charge in [0.1, 0.15) is 6.54 Å². The van der Waals surface area contributed by atoms with Crippen LogP contribution in [0.25, 0.3) is 0 Å². The number of carbonyl (C=O) groups is 3. The zero-order chi connectivity index (χ0) is 14.5. The molecule has 1 saturated heterocycles. The van der Waals surface area contributed by atoms with Crippen molar-refractivity contribution >= 4 is 29.7 Å². The van der Waals surface area contributed by atoms with Gasteiger partial charge in [0.25, 0.3) is 0 Å². The molecule has 1 fully saturated rings. The second kappa shape index (κ2) is 6.65. The van der Waals surface area contributed by atoms with Crippen LogP contribution in [0.5, 0.6) is 0 Å². The predicted octanol–water partition coefficient (Wildman–Crippen LogP) is -0.276. The lowest BCUT2D eigenvalue weighted by atomic mass is 10.2. The quantitative estimate of drug-likeness (QED) is 0.661. The summed E-state index contributed by atoms with van der Waals surface area (Å²) in [5.74, 6) is -0.762. The van der Waals surface area contributed by atoms with Gasteiger partial charge in [0.05, 0.1) is 6.54 Å². The molecular weight excluding hydrogens is 270 g/mol. The smallest absolute Gasteiger partial charge is 0.322 e. The molecule has 1 heterocycles. The molecule has 19 heavy (non-hydrogen) atoms. The summed E-state index contributed by atoms with van der Waals surface area (Å²) in [6.45, 7) is 4.75. The van der Waals surface area contributed by atoms with Crippen LogP contribution in [0, 0.1) is 0 Å². The fourth-order valence-corrected chi connectivity index (χ4v) is 2.81. The minimum atomic E-state index is -1.12. The van der Waals surface area contributed by atoms with Gasteiger partial charge >= 0.3 is 12.0 Å². The van der Waals surface area contributed by atoms with Crippen molar-refractivity contribution in [1.29, 1.82) is 0 Å². The molecule has 7 nitrogen and oxygen atoms in total. The zero-order valence-electron chi connectivity index (χ0n) is 11.1. The first-order chi connectivity index (χ1) is 8.80. The van der Waals surface area contributed by atoms with Gasteiger partial charge in [-0.25, -0.2) is 4.79 Å². The second-order valence-electron chi connectivity index (χ2n) is 4.86. The van der Waals surface area contributed by atoms with Crippen LogP contribution < -0.4 is 10.6 Å². The van der Waals surface area contributed by atoms with E-state index in [0.717, 1.165) is 5.75 Å². The SMILES string of the molecule is CC1(C)CN(C(=O)NCC(=O)NCC(=O)O)CCS1. The van der Waals surface area contributed by atoms with Crippen molar-refractivity contribution in [3.05, 3.63) is 0 Å². The Labute approximate surface area is 116 Å². The topological polar surface area (TPSA) is 98.7 Å². The van der Waals surface area contributed by atoms with Gasteiger partial charge in [-0.05, 0) is 13.8 Å². The third-order valence-electron chi connectivity index (χ3n) is 2.55. The van der Waals surface area contributed by atoms with Crippen molar-refractivity contribution in [3.63, 3.8) is 0 Å². The Morgan fingerprint density at radius 2 is 1.95 bits per heavy atom. The van der Waals surface area contributed by atoms with Crippen LogP contribution in [0.15, 0.2) is 0 Å². The Bertz CT molecular complexity index is 373. The van der Waals surface area contributed by atoms with Crippen LogP contribution >= 0.6 is 11.8 Å². The van der Waals surface area contributed by atoms with Crippen molar-refractivity contribution in [3.8, 4) is 0 Å². The van der Waals surface area contributed by atoms with E-state index in [1.807, 2.05) is 11.8 Å². The molecular formula is C11H19N3O4S. The van der Waals surface area contributed by atoms with Gasteiger partial charge in [-0.1, -0.05) is 0 Å². The van der Waals surface area contributed by atoms with Crippen molar-refractivity contribution in [2.24, 2.45) is 0 Å². The Morgan fingerprint density at radius 1 is 1.26 bits per heavy atom. The summed E-state index contributed by atoms with van der Waals surface area (Å²) in [5, 5.41) is 13.1. The number of carboxylic acid groups (broad SMARTS) is 1. The Morgan fingerprint density at radius 3 is 2.53 bits per heavy atom. The average Bonchev–Trinajstić information content (AvgIpc) is 2.32. The van der Waals surface area contributed by atoms with Crippen LogP contribution in [0.2, 0.25) is 0 Å². The minimum Gasteiger partial charge on any atom is -0.480 e. The highest BCUT2D eigenvalue weighted by Crippen LogP contribution is 2.29. The molecule has 0 bridgehead atoms. The number of carboxylic acids is 1. The van der Waals surface area contributed by atoms with Gasteiger partial charge in [0.15, 0.2) is 0 Å². The number of aliphatic carboxylic acids is 1. The van der Waals surface area contributed by atoms with Crippen molar-refractivity contribution in [2.75, 3.05) is 31.9 Å². The van der Waals surface area contributed by atoms with Crippen molar-refractivity contribution in [2.45, 2.75) is 18.6 Å². The molecule has 0 atom stereocenters. The number of urea groups is 1. The number of hydrogen-bond donors (Lipinski definition) is 3. The van der Waals surface area contributed by atoms with Crippen LogP contribution in [0.4, 0.5) is 4.79 Å². The Kier molecular flexibility index (Phi) is 5.46. The molecule has 0 aromatic rings. The summed E-state index contributed by atoms with van der Waals surface area (Å²) < 4.78 is 0.0150. The normalized spacial score (nSPS) is 17.7. The van der Waals surface area contributed by atoms with E-state index >= 15 is 0 Å². The third kappa shape index (κ3) is 5.82. The first-order valence-electron chi connectivity index (χ1n) is 5.95. The fraction of sp³-hybridized carbons (Fsp3) is 0.727. The molecule has 0 spiro atoms. The third-order valence-corrected chi connectivity index (χ3v) is 3.85. The summed E-state index contributed by atoms with van der Waals surface area (Å²) in [6.07, 6.45) is 0. The second-order valence-corrected chi connectivity index (χ2v) is 6.66. The molecule has 0 aromatic heterocycles. The van der Waals surface area contributed by atoms with E-state index in [2.05, 4.69) is 24.5 Å². The summed E-state index contributed by atoms with van der Waals surface area (Å²) in [5.41, 5.74) is 0. The molecule has 0 aliphatic carbocycles. The van der Waals surface area contributed by atoms with Crippen LogP contribution in [-0.2, 0) is 9.59 Å². The van der Waals surface area contributed by atoms with Crippen molar-refractivity contribution < 1.29 is 19.5 Å². The van der Waals surface area contributed by atoms with Gasteiger partial charge < -0.3 is 20.6 Å². The lowest BCUT2D eigenvalue weighted by molar-refractivity contribution is -0.137. The number of nitrogens with zero attached hydrogens (tertiary/aromatic N) is 1.